The highest BCUT2D eigenvalue weighted by Crippen LogP contribution is 2.64. The molecule has 7 aliphatic rings. The van der Waals surface area contributed by atoms with Crippen LogP contribution in [-0.2, 0) is 19.1 Å². The number of nitrogens with two attached hydrogens (primary N) is 2. The predicted molar refractivity (Wildman–Crippen MR) is 169 cm³/mol. The van der Waals surface area contributed by atoms with Crippen molar-refractivity contribution in [3.05, 3.63) is 23.5 Å². The molecule has 0 aromatic rings. The van der Waals surface area contributed by atoms with Crippen LogP contribution < -0.4 is 11.1 Å². The predicted octanol–water partition coefficient (Wildman–Crippen LogP) is 1.12. The Hall–Kier alpha value is -1.70. The summed E-state index contributed by atoms with van der Waals surface area (Å²) in [6.45, 7) is 2.08. The first kappa shape index (κ1) is 33.8. The van der Waals surface area contributed by atoms with Crippen molar-refractivity contribution in [2.45, 2.75) is 133 Å². The number of hydrogen-bond acceptors (Lipinski definition) is 10. The second-order valence-corrected chi connectivity index (χ2v) is 16.5. The Kier molecular flexibility index (Phi) is 9.03. The first-order valence-corrected chi connectivity index (χ1v) is 18.2. The van der Waals surface area contributed by atoms with Crippen molar-refractivity contribution >= 4 is 11.6 Å². The van der Waals surface area contributed by atoms with Gasteiger partial charge in [0.25, 0.3) is 0 Å². The van der Waals surface area contributed by atoms with Gasteiger partial charge in [0.2, 0.25) is 0 Å². The summed E-state index contributed by atoms with van der Waals surface area (Å²) in [5, 5.41) is 59.3. The minimum atomic E-state index is -2.05. The number of piperidine rings is 1. The van der Waals surface area contributed by atoms with Gasteiger partial charge in [0.1, 0.15) is 41.6 Å². The summed E-state index contributed by atoms with van der Waals surface area (Å²) < 4.78 is 12.4. The van der Waals surface area contributed by atoms with Crippen molar-refractivity contribution in [3.63, 3.8) is 0 Å². The summed E-state index contributed by atoms with van der Waals surface area (Å²) in [5.41, 5.74) is 4.98. The van der Waals surface area contributed by atoms with Gasteiger partial charge in [-0.1, -0.05) is 30.9 Å². The van der Waals surface area contributed by atoms with Gasteiger partial charge < -0.3 is 40.3 Å². The molecule has 0 amide bonds. The first-order chi connectivity index (χ1) is 22.4. The summed E-state index contributed by atoms with van der Waals surface area (Å²) in [6.07, 6.45) is 7.47. The summed E-state index contributed by atoms with van der Waals surface area (Å²) in [6, 6.07) is 0. The Morgan fingerprint density at radius 1 is 1.04 bits per heavy atom. The minimum Gasteiger partial charge on any atom is -0.512 e. The molecule has 11 nitrogen and oxygen atoms in total. The number of aliphatic hydroxyl groups excluding tert-OH is 4. The van der Waals surface area contributed by atoms with Crippen molar-refractivity contribution in [3.8, 4) is 0 Å². The van der Waals surface area contributed by atoms with Gasteiger partial charge >= 0.3 is 0 Å². The van der Waals surface area contributed by atoms with Gasteiger partial charge in [0, 0.05) is 18.8 Å². The number of carbonyl (C=O) groups excluding carboxylic acids is 2. The number of allylic oxidation sites excluding steroid dienone is 4. The normalized spacial score (nSPS) is 48.2. The summed E-state index contributed by atoms with van der Waals surface area (Å²) in [5.74, 6) is -3.37. The molecule has 0 bridgehead atoms. The average Bonchev–Trinajstić information content (AvgIpc) is 3.66. The van der Waals surface area contributed by atoms with Crippen LogP contribution in [0.1, 0.15) is 90.4 Å². The van der Waals surface area contributed by atoms with Crippen molar-refractivity contribution in [2.75, 3.05) is 13.2 Å². The largest absolute Gasteiger partial charge is 0.512 e. The molecule has 13 atom stereocenters. The van der Waals surface area contributed by atoms with E-state index in [2.05, 4.69) is 5.32 Å². The molecule has 2 saturated heterocycles. The molecule has 47 heavy (non-hydrogen) atoms. The van der Waals surface area contributed by atoms with E-state index in [1.165, 1.54) is 18.9 Å². The zero-order chi connectivity index (χ0) is 33.3. The second-order valence-electron chi connectivity index (χ2n) is 16.5. The molecule has 11 heteroatoms. The van der Waals surface area contributed by atoms with E-state index in [0.717, 1.165) is 57.1 Å². The third-order valence-corrected chi connectivity index (χ3v) is 13.7. The highest BCUT2D eigenvalue weighted by atomic mass is 16.7. The summed E-state index contributed by atoms with van der Waals surface area (Å²) in [7, 11) is 0. The van der Waals surface area contributed by atoms with Crippen LogP contribution in [0.25, 0.3) is 0 Å². The van der Waals surface area contributed by atoms with E-state index in [4.69, 9.17) is 15.2 Å². The molecule has 6 fully saturated rings. The minimum absolute atomic E-state index is 0.0429. The molecular formula is C36H55N2O9+. The van der Waals surface area contributed by atoms with Crippen LogP contribution in [0, 0.1) is 40.4 Å². The molecular weight excluding hydrogens is 604 g/mol. The standard InChI is InChI=1S/C36H54N2O9/c1-19-13-22-27(23(40)14-19)30(42)28-21(29(22)41)5-4-6-24(28)46-33-32(44)36(45,31(43)25(16-39)47-33)18-35(20-7-12-38-26(37)15-20)11-10-34(17-35)8-2-3-9-34/h13-14,20-22,24-28,31-33,38-40,43-45H,2-12,15-18,37H2,1H3/p+1. The Morgan fingerprint density at radius 2 is 1.81 bits per heavy atom. The number of aliphatic hydroxyl groups is 5. The maximum absolute atomic E-state index is 14.0. The number of hydrogen-bond donors (Lipinski definition) is 7. The van der Waals surface area contributed by atoms with Crippen molar-refractivity contribution in [1.82, 2.24) is 0 Å². The quantitative estimate of drug-likeness (QED) is 0.217. The van der Waals surface area contributed by atoms with Gasteiger partial charge in [-0.2, -0.15) is 0 Å². The van der Waals surface area contributed by atoms with Gasteiger partial charge in [0.15, 0.2) is 12.1 Å². The van der Waals surface area contributed by atoms with Crippen molar-refractivity contribution < 1.29 is 49.9 Å². The van der Waals surface area contributed by atoms with Crippen LogP contribution in [0.3, 0.4) is 0 Å². The molecule has 9 N–H and O–H groups in total. The van der Waals surface area contributed by atoms with Crippen LogP contribution in [0.2, 0.25) is 0 Å². The Balaban J connectivity index is 1.17. The van der Waals surface area contributed by atoms with E-state index in [1.807, 2.05) is 0 Å². The lowest BCUT2D eigenvalue weighted by atomic mass is 9.59. The molecule has 7 rings (SSSR count). The molecule has 0 aromatic carbocycles. The fraction of sp³-hybridized carbons (Fsp3) is 0.833. The monoisotopic (exact) mass is 659 g/mol. The van der Waals surface area contributed by atoms with Crippen LogP contribution in [-0.4, -0.2) is 92.7 Å². The SMILES string of the molecule is CC1=CC2C(=O)C3CCCC(OC4OC(CO)C(O)C(O)(CC5(C6CC[NH2+]C(N)C6)CCC6(CCCC6)C5)C4O)C3C(=O)C2C(O)=C1. The first-order valence-electron chi connectivity index (χ1n) is 18.2. The third-order valence-electron chi connectivity index (χ3n) is 13.7. The van der Waals surface area contributed by atoms with E-state index in [9.17, 15) is 35.1 Å². The van der Waals surface area contributed by atoms with E-state index in [0.29, 0.717) is 19.3 Å². The van der Waals surface area contributed by atoms with Crippen LogP contribution in [0.15, 0.2) is 23.5 Å². The van der Waals surface area contributed by atoms with Gasteiger partial charge in [-0.3, -0.25) is 15.3 Å². The highest BCUT2D eigenvalue weighted by molar-refractivity contribution is 6.02. The van der Waals surface area contributed by atoms with Gasteiger partial charge in [0.05, 0.1) is 37.0 Å². The average molecular weight is 660 g/mol. The van der Waals surface area contributed by atoms with Gasteiger partial charge in [-0.25, -0.2) is 0 Å². The molecule has 5 aliphatic carbocycles. The molecule has 262 valence electrons. The van der Waals surface area contributed by atoms with E-state index < -0.39 is 66.6 Å². The highest BCUT2D eigenvalue weighted by Gasteiger charge is 2.63. The maximum atomic E-state index is 14.0. The van der Waals surface area contributed by atoms with Crippen molar-refractivity contribution in [1.29, 1.82) is 0 Å². The fourth-order valence-corrected chi connectivity index (χ4v) is 11.5. The summed E-state index contributed by atoms with van der Waals surface area (Å²) in [4.78, 5) is 27.7. The van der Waals surface area contributed by atoms with Crippen LogP contribution in [0.4, 0.5) is 0 Å². The lowest BCUT2D eigenvalue weighted by molar-refractivity contribution is -0.700. The molecule has 4 saturated carbocycles. The van der Waals surface area contributed by atoms with E-state index >= 15 is 0 Å². The Morgan fingerprint density at radius 3 is 2.53 bits per heavy atom. The maximum Gasteiger partial charge on any atom is 0.187 e. The van der Waals surface area contributed by atoms with E-state index in [-0.39, 0.29) is 46.7 Å². The number of Topliss-reactive ketones (excluding diaryl/α,β-unsaturated/α-hetero) is 2. The van der Waals surface area contributed by atoms with Crippen molar-refractivity contribution in [2.24, 2.45) is 46.2 Å². The molecule has 1 spiro atoms. The van der Waals surface area contributed by atoms with Gasteiger partial charge in [-0.15, -0.1) is 0 Å². The molecule has 2 heterocycles. The summed E-state index contributed by atoms with van der Waals surface area (Å²) >= 11 is 0. The third kappa shape index (κ3) is 5.66. The fourth-order valence-electron chi connectivity index (χ4n) is 11.5. The number of quaternary nitrogens is 1. The topological polar surface area (TPSA) is 196 Å². The number of fused-ring (bicyclic) bond motifs is 2. The number of ether oxygens (including phenoxy) is 2. The molecule has 0 radical (unpaired) electrons. The Labute approximate surface area is 277 Å². The zero-order valence-electron chi connectivity index (χ0n) is 27.6. The Bertz CT molecular complexity index is 1300. The van der Waals surface area contributed by atoms with Crippen LogP contribution in [0.5, 0.6) is 0 Å². The smallest absolute Gasteiger partial charge is 0.187 e. The van der Waals surface area contributed by atoms with Gasteiger partial charge in [-0.05, 0) is 81.1 Å². The number of ketones is 2. The lowest BCUT2D eigenvalue weighted by Crippen LogP contribution is -2.95. The number of rotatable bonds is 6. The second kappa shape index (κ2) is 12.6. The molecule has 13 unspecified atom stereocenters. The molecule has 0 aromatic heterocycles. The zero-order valence-corrected chi connectivity index (χ0v) is 27.6. The number of carbonyl (C=O) groups is 2. The van der Waals surface area contributed by atoms with Crippen LogP contribution >= 0.6 is 0 Å². The molecule has 2 aliphatic heterocycles. The van der Waals surface area contributed by atoms with E-state index in [1.54, 1.807) is 13.0 Å². The lowest BCUT2D eigenvalue weighted by Gasteiger charge is -2.54.